The number of ether oxygens (including phenoxy) is 3. The van der Waals surface area contributed by atoms with E-state index >= 15 is 0 Å². The van der Waals surface area contributed by atoms with Crippen LogP contribution in [0, 0.1) is 0 Å². The first-order chi connectivity index (χ1) is 11.4. The summed E-state index contributed by atoms with van der Waals surface area (Å²) in [5, 5.41) is 0. The van der Waals surface area contributed by atoms with Gasteiger partial charge >= 0.3 is 6.01 Å². The minimum Gasteiger partial charge on any atom is -0.463 e. The minimum atomic E-state index is 0.413. The van der Waals surface area contributed by atoms with E-state index in [0.29, 0.717) is 50.9 Å². The lowest BCUT2D eigenvalue weighted by atomic mass is 10.4. The van der Waals surface area contributed by atoms with Crippen molar-refractivity contribution < 1.29 is 14.2 Å². The molecule has 1 aromatic rings. The Labute approximate surface area is 136 Å². The Bertz CT molecular complexity index is 454. The van der Waals surface area contributed by atoms with E-state index in [-0.39, 0.29) is 0 Å². The zero-order chi connectivity index (χ0) is 15.9. The predicted molar refractivity (Wildman–Crippen MR) is 86.3 cm³/mol. The second kappa shape index (κ2) is 8.26. The van der Waals surface area contributed by atoms with Crippen molar-refractivity contribution in [1.29, 1.82) is 0 Å². The summed E-state index contributed by atoms with van der Waals surface area (Å²) in [4.78, 5) is 17.9. The first-order valence-electron chi connectivity index (χ1n) is 8.41. The first kappa shape index (κ1) is 16.2. The number of unbranched alkanes of at least 4 members (excludes halogenated alkanes) is 1. The van der Waals surface area contributed by atoms with Crippen LogP contribution in [0.4, 0.5) is 11.9 Å². The van der Waals surface area contributed by atoms with Gasteiger partial charge in [0.05, 0.1) is 33.0 Å². The lowest BCUT2D eigenvalue weighted by molar-refractivity contribution is 0.120. The van der Waals surface area contributed by atoms with Crippen LogP contribution in [0.1, 0.15) is 19.8 Å². The fourth-order valence-electron chi connectivity index (χ4n) is 2.52. The molecule has 2 aliphatic heterocycles. The fourth-order valence-corrected chi connectivity index (χ4v) is 2.52. The predicted octanol–water partition coefficient (Wildman–Crippen LogP) is 0.724. The minimum absolute atomic E-state index is 0.413. The van der Waals surface area contributed by atoms with Gasteiger partial charge in [-0.3, -0.25) is 0 Å². The summed E-state index contributed by atoms with van der Waals surface area (Å²) in [6.45, 7) is 8.73. The number of hydrogen-bond donors (Lipinski definition) is 0. The van der Waals surface area contributed by atoms with Crippen LogP contribution >= 0.6 is 0 Å². The molecule has 0 aliphatic carbocycles. The van der Waals surface area contributed by atoms with E-state index in [1.807, 2.05) is 0 Å². The van der Waals surface area contributed by atoms with Gasteiger partial charge in [-0.1, -0.05) is 13.3 Å². The zero-order valence-corrected chi connectivity index (χ0v) is 13.7. The van der Waals surface area contributed by atoms with Gasteiger partial charge in [-0.15, -0.1) is 0 Å². The molecule has 0 aromatic carbocycles. The van der Waals surface area contributed by atoms with Gasteiger partial charge in [-0.25, -0.2) is 0 Å². The van der Waals surface area contributed by atoms with Gasteiger partial charge in [-0.2, -0.15) is 15.0 Å². The summed E-state index contributed by atoms with van der Waals surface area (Å²) in [6, 6.07) is 0.413. The average Bonchev–Trinajstić information content (AvgIpc) is 2.63. The van der Waals surface area contributed by atoms with Crippen molar-refractivity contribution in [2.75, 3.05) is 69.0 Å². The normalized spacial score (nSPS) is 19.0. The highest BCUT2D eigenvalue weighted by atomic mass is 16.5. The van der Waals surface area contributed by atoms with Crippen LogP contribution < -0.4 is 14.5 Å². The first-order valence-corrected chi connectivity index (χ1v) is 8.41. The average molecular weight is 323 g/mol. The van der Waals surface area contributed by atoms with Crippen LogP contribution in [0.15, 0.2) is 0 Å². The second-order valence-corrected chi connectivity index (χ2v) is 5.62. The van der Waals surface area contributed by atoms with Crippen LogP contribution in [0.5, 0.6) is 6.01 Å². The molecule has 23 heavy (non-hydrogen) atoms. The molecule has 8 heteroatoms. The molecule has 0 spiro atoms. The van der Waals surface area contributed by atoms with Crippen LogP contribution in [0.3, 0.4) is 0 Å². The summed E-state index contributed by atoms with van der Waals surface area (Å²) >= 11 is 0. The maximum absolute atomic E-state index is 5.73. The van der Waals surface area contributed by atoms with Crippen LogP contribution in [-0.4, -0.2) is 74.2 Å². The molecule has 3 rings (SSSR count). The summed E-state index contributed by atoms with van der Waals surface area (Å²) in [7, 11) is 0. The highest BCUT2D eigenvalue weighted by Crippen LogP contribution is 2.19. The molecule has 2 fully saturated rings. The van der Waals surface area contributed by atoms with Crippen LogP contribution in [-0.2, 0) is 9.47 Å². The SMILES string of the molecule is CCCCOc1nc(N2CCOCC2)nc(N2CCOCC2)n1. The van der Waals surface area contributed by atoms with Gasteiger partial charge in [0.1, 0.15) is 0 Å². The van der Waals surface area contributed by atoms with E-state index in [1.54, 1.807) is 0 Å². The Balaban J connectivity index is 1.79. The van der Waals surface area contributed by atoms with E-state index in [9.17, 15) is 0 Å². The van der Waals surface area contributed by atoms with Crippen molar-refractivity contribution >= 4 is 11.9 Å². The second-order valence-electron chi connectivity index (χ2n) is 5.62. The quantitative estimate of drug-likeness (QED) is 0.709. The Kier molecular flexibility index (Phi) is 5.82. The summed E-state index contributed by atoms with van der Waals surface area (Å²) in [6.07, 6.45) is 2.07. The Morgan fingerprint density at radius 2 is 1.39 bits per heavy atom. The number of aromatic nitrogens is 3. The third kappa shape index (κ3) is 4.42. The molecule has 1 aromatic heterocycles. The molecule has 0 saturated carbocycles. The van der Waals surface area contributed by atoms with E-state index in [2.05, 4.69) is 31.7 Å². The lowest BCUT2D eigenvalue weighted by Gasteiger charge is -2.30. The van der Waals surface area contributed by atoms with Crippen molar-refractivity contribution in [3.05, 3.63) is 0 Å². The monoisotopic (exact) mass is 323 g/mol. The largest absolute Gasteiger partial charge is 0.463 e. The molecular weight excluding hydrogens is 298 g/mol. The fraction of sp³-hybridized carbons (Fsp3) is 0.800. The number of rotatable bonds is 6. The molecule has 2 aliphatic rings. The molecule has 3 heterocycles. The van der Waals surface area contributed by atoms with Crippen molar-refractivity contribution in [3.8, 4) is 6.01 Å². The molecule has 0 N–H and O–H groups in total. The standard InChI is InChI=1S/C15H25N5O3/c1-2-3-8-23-15-17-13(19-4-9-21-10-5-19)16-14(18-15)20-6-11-22-12-7-20/h2-12H2,1H3. The third-order valence-electron chi connectivity index (χ3n) is 3.91. The van der Waals surface area contributed by atoms with Crippen molar-refractivity contribution in [1.82, 2.24) is 15.0 Å². The number of nitrogens with zero attached hydrogens (tertiary/aromatic N) is 5. The van der Waals surface area contributed by atoms with Gasteiger partial charge in [0.15, 0.2) is 0 Å². The zero-order valence-electron chi connectivity index (χ0n) is 13.7. The molecule has 2 saturated heterocycles. The smallest absolute Gasteiger partial charge is 0.323 e. The van der Waals surface area contributed by atoms with E-state index in [4.69, 9.17) is 14.2 Å². The molecule has 0 bridgehead atoms. The van der Waals surface area contributed by atoms with Crippen LogP contribution in [0.2, 0.25) is 0 Å². The van der Waals surface area contributed by atoms with Gasteiger partial charge in [0.2, 0.25) is 11.9 Å². The Morgan fingerprint density at radius 1 is 0.870 bits per heavy atom. The summed E-state index contributed by atoms with van der Waals surface area (Å²) in [5.41, 5.74) is 0. The van der Waals surface area contributed by atoms with Crippen molar-refractivity contribution in [2.45, 2.75) is 19.8 Å². The summed E-state index contributed by atoms with van der Waals surface area (Å²) < 4.78 is 16.5. The highest BCUT2D eigenvalue weighted by Gasteiger charge is 2.21. The van der Waals surface area contributed by atoms with Crippen molar-refractivity contribution in [3.63, 3.8) is 0 Å². The van der Waals surface area contributed by atoms with Gasteiger partial charge in [0.25, 0.3) is 0 Å². The molecule has 0 unspecified atom stereocenters. The Morgan fingerprint density at radius 3 is 1.87 bits per heavy atom. The molecule has 8 nitrogen and oxygen atoms in total. The maximum atomic E-state index is 5.73. The summed E-state index contributed by atoms with van der Waals surface area (Å²) in [5.74, 6) is 1.35. The van der Waals surface area contributed by atoms with E-state index in [0.717, 1.165) is 39.0 Å². The van der Waals surface area contributed by atoms with Gasteiger partial charge in [0, 0.05) is 26.2 Å². The molecule has 0 atom stereocenters. The maximum Gasteiger partial charge on any atom is 0.323 e. The van der Waals surface area contributed by atoms with Crippen LogP contribution in [0.25, 0.3) is 0 Å². The number of anilines is 2. The van der Waals surface area contributed by atoms with Gasteiger partial charge < -0.3 is 24.0 Å². The van der Waals surface area contributed by atoms with Crippen molar-refractivity contribution in [2.24, 2.45) is 0 Å². The van der Waals surface area contributed by atoms with E-state index < -0.39 is 0 Å². The van der Waals surface area contributed by atoms with E-state index in [1.165, 1.54) is 0 Å². The molecule has 128 valence electrons. The third-order valence-corrected chi connectivity index (χ3v) is 3.91. The number of hydrogen-bond acceptors (Lipinski definition) is 8. The van der Waals surface area contributed by atoms with Gasteiger partial charge in [-0.05, 0) is 6.42 Å². The topological polar surface area (TPSA) is 72.8 Å². The number of morpholine rings is 2. The lowest BCUT2D eigenvalue weighted by Crippen LogP contribution is -2.40. The molecule has 0 radical (unpaired) electrons. The Hall–Kier alpha value is -1.67. The molecular formula is C15H25N5O3. The highest BCUT2D eigenvalue weighted by molar-refractivity contribution is 5.41. The molecule has 0 amide bonds.